The van der Waals surface area contributed by atoms with E-state index in [1.165, 1.54) is 16.2 Å². The molecule has 0 amide bonds. The summed E-state index contributed by atoms with van der Waals surface area (Å²) in [7, 11) is 0. The maximum atomic E-state index is 4.63. The first-order chi connectivity index (χ1) is 9.60. The van der Waals surface area contributed by atoms with Gasteiger partial charge in [-0.05, 0) is 51.9 Å². The van der Waals surface area contributed by atoms with Gasteiger partial charge in [-0.2, -0.15) is 0 Å². The standard InChI is InChI=1S/C16H21N3S/c1-11-8-12(2)18-16(17-11)14-6-7-19(9-14)10-15-5-4-13(3)20-15/h4-5,8,14H,6-7,9-10H2,1-3H3. The maximum Gasteiger partial charge on any atom is 0.133 e. The average Bonchev–Trinajstić information content (AvgIpc) is 2.98. The molecule has 4 heteroatoms. The third-order valence-corrected chi connectivity index (χ3v) is 4.80. The summed E-state index contributed by atoms with van der Waals surface area (Å²) in [5.41, 5.74) is 2.17. The molecule has 0 radical (unpaired) electrons. The molecule has 3 nitrogen and oxygen atoms in total. The van der Waals surface area contributed by atoms with E-state index in [9.17, 15) is 0 Å². The third-order valence-electron chi connectivity index (χ3n) is 3.81. The first-order valence-electron chi connectivity index (χ1n) is 7.20. The lowest BCUT2D eigenvalue weighted by molar-refractivity contribution is 0.328. The molecule has 0 N–H and O–H groups in total. The van der Waals surface area contributed by atoms with Gasteiger partial charge < -0.3 is 0 Å². The fourth-order valence-corrected chi connectivity index (χ4v) is 3.85. The SMILES string of the molecule is Cc1cc(C)nc(C2CCN(Cc3ccc(C)s3)C2)n1. The van der Waals surface area contributed by atoms with Crippen molar-refractivity contribution in [2.75, 3.05) is 13.1 Å². The molecule has 1 saturated heterocycles. The first-order valence-corrected chi connectivity index (χ1v) is 8.01. The van der Waals surface area contributed by atoms with Crippen molar-refractivity contribution in [3.63, 3.8) is 0 Å². The van der Waals surface area contributed by atoms with E-state index < -0.39 is 0 Å². The highest BCUT2D eigenvalue weighted by Crippen LogP contribution is 2.27. The summed E-state index contributed by atoms with van der Waals surface area (Å²) in [6.45, 7) is 9.58. The van der Waals surface area contributed by atoms with E-state index in [-0.39, 0.29) is 0 Å². The smallest absolute Gasteiger partial charge is 0.133 e. The molecule has 2 aromatic rings. The lowest BCUT2D eigenvalue weighted by Gasteiger charge is -2.14. The van der Waals surface area contributed by atoms with Crippen LogP contribution in [-0.2, 0) is 6.54 Å². The molecule has 20 heavy (non-hydrogen) atoms. The molecule has 1 unspecified atom stereocenters. The largest absolute Gasteiger partial charge is 0.298 e. The number of hydrogen-bond acceptors (Lipinski definition) is 4. The number of hydrogen-bond donors (Lipinski definition) is 0. The van der Waals surface area contributed by atoms with E-state index in [4.69, 9.17) is 0 Å². The molecule has 0 aromatic carbocycles. The van der Waals surface area contributed by atoms with Crippen LogP contribution in [0.25, 0.3) is 0 Å². The second-order valence-electron chi connectivity index (χ2n) is 5.74. The van der Waals surface area contributed by atoms with Crippen LogP contribution in [-0.4, -0.2) is 28.0 Å². The van der Waals surface area contributed by atoms with Gasteiger partial charge >= 0.3 is 0 Å². The molecular weight excluding hydrogens is 266 g/mol. The van der Waals surface area contributed by atoms with E-state index in [1.54, 1.807) is 0 Å². The Kier molecular flexibility index (Phi) is 3.85. The number of nitrogens with zero attached hydrogens (tertiary/aromatic N) is 3. The normalized spacial score (nSPS) is 19.6. The van der Waals surface area contributed by atoms with Gasteiger partial charge in [-0.25, -0.2) is 9.97 Å². The molecule has 3 heterocycles. The van der Waals surface area contributed by atoms with E-state index in [0.29, 0.717) is 5.92 Å². The lowest BCUT2D eigenvalue weighted by Crippen LogP contribution is -2.19. The zero-order valence-electron chi connectivity index (χ0n) is 12.4. The van der Waals surface area contributed by atoms with Crippen molar-refractivity contribution in [3.8, 4) is 0 Å². The molecule has 0 saturated carbocycles. The second-order valence-corrected chi connectivity index (χ2v) is 7.11. The van der Waals surface area contributed by atoms with Gasteiger partial charge in [-0.15, -0.1) is 11.3 Å². The Hall–Kier alpha value is -1.26. The van der Waals surface area contributed by atoms with Crippen LogP contribution >= 0.6 is 11.3 Å². The molecule has 0 bridgehead atoms. The zero-order chi connectivity index (χ0) is 14.1. The lowest BCUT2D eigenvalue weighted by atomic mass is 10.1. The predicted octanol–water partition coefficient (Wildman–Crippen LogP) is 3.45. The van der Waals surface area contributed by atoms with Crippen LogP contribution in [0.15, 0.2) is 18.2 Å². The van der Waals surface area contributed by atoms with Gasteiger partial charge in [0, 0.05) is 40.1 Å². The van der Waals surface area contributed by atoms with Crippen molar-refractivity contribution in [2.24, 2.45) is 0 Å². The van der Waals surface area contributed by atoms with Gasteiger partial charge in [0.2, 0.25) is 0 Å². The van der Waals surface area contributed by atoms with Gasteiger partial charge in [0.05, 0.1) is 0 Å². The van der Waals surface area contributed by atoms with E-state index >= 15 is 0 Å². The van der Waals surface area contributed by atoms with Gasteiger partial charge in [0.25, 0.3) is 0 Å². The average molecular weight is 287 g/mol. The van der Waals surface area contributed by atoms with Crippen molar-refractivity contribution in [3.05, 3.63) is 45.2 Å². The summed E-state index contributed by atoms with van der Waals surface area (Å²) >= 11 is 1.90. The Morgan fingerprint density at radius 1 is 1.20 bits per heavy atom. The summed E-state index contributed by atoms with van der Waals surface area (Å²) in [5.74, 6) is 1.53. The van der Waals surface area contributed by atoms with Crippen LogP contribution < -0.4 is 0 Å². The van der Waals surface area contributed by atoms with E-state index in [1.807, 2.05) is 17.4 Å². The number of aromatic nitrogens is 2. The van der Waals surface area contributed by atoms with Crippen LogP contribution in [0.2, 0.25) is 0 Å². The topological polar surface area (TPSA) is 29.0 Å². The number of likely N-dealkylation sites (tertiary alicyclic amines) is 1. The molecule has 1 aliphatic heterocycles. The molecule has 0 spiro atoms. The predicted molar refractivity (Wildman–Crippen MR) is 83.2 cm³/mol. The minimum atomic E-state index is 0.495. The summed E-state index contributed by atoms with van der Waals surface area (Å²) in [4.78, 5) is 14.6. The number of aryl methyl sites for hydroxylation is 3. The van der Waals surface area contributed by atoms with Crippen molar-refractivity contribution >= 4 is 11.3 Å². The zero-order valence-corrected chi connectivity index (χ0v) is 13.2. The Morgan fingerprint density at radius 2 is 1.95 bits per heavy atom. The molecule has 1 atom stereocenters. The fourth-order valence-electron chi connectivity index (χ4n) is 2.91. The molecular formula is C16H21N3S. The Labute approximate surface area is 124 Å². The van der Waals surface area contributed by atoms with Crippen LogP contribution in [0.1, 0.15) is 39.3 Å². The van der Waals surface area contributed by atoms with Crippen LogP contribution in [0, 0.1) is 20.8 Å². The quantitative estimate of drug-likeness (QED) is 0.866. The Morgan fingerprint density at radius 3 is 2.60 bits per heavy atom. The molecule has 106 valence electrons. The van der Waals surface area contributed by atoms with Gasteiger partial charge in [0.1, 0.15) is 5.82 Å². The highest BCUT2D eigenvalue weighted by molar-refractivity contribution is 7.11. The monoisotopic (exact) mass is 287 g/mol. The molecule has 1 aliphatic rings. The van der Waals surface area contributed by atoms with Gasteiger partial charge in [-0.1, -0.05) is 0 Å². The van der Waals surface area contributed by atoms with Crippen LogP contribution in [0.4, 0.5) is 0 Å². The van der Waals surface area contributed by atoms with Crippen LogP contribution in [0.3, 0.4) is 0 Å². The van der Waals surface area contributed by atoms with Crippen LogP contribution in [0.5, 0.6) is 0 Å². The summed E-state index contributed by atoms with van der Waals surface area (Å²) in [6, 6.07) is 6.51. The van der Waals surface area contributed by atoms with E-state index in [0.717, 1.165) is 36.8 Å². The minimum absolute atomic E-state index is 0.495. The molecule has 0 aliphatic carbocycles. The number of thiophene rings is 1. The molecule has 2 aromatic heterocycles. The fraction of sp³-hybridized carbons (Fsp3) is 0.500. The van der Waals surface area contributed by atoms with Crippen molar-refractivity contribution < 1.29 is 0 Å². The van der Waals surface area contributed by atoms with Crippen molar-refractivity contribution in [1.29, 1.82) is 0 Å². The summed E-state index contributed by atoms with van der Waals surface area (Å²) in [5, 5.41) is 0. The van der Waals surface area contributed by atoms with Gasteiger partial charge in [0.15, 0.2) is 0 Å². The van der Waals surface area contributed by atoms with E-state index in [2.05, 4.69) is 47.8 Å². The Balaban J connectivity index is 1.67. The highest BCUT2D eigenvalue weighted by atomic mass is 32.1. The summed E-state index contributed by atoms with van der Waals surface area (Å²) < 4.78 is 0. The summed E-state index contributed by atoms with van der Waals surface area (Å²) in [6.07, 6.45) is 1.17. The first kappa shape index (κ1) is 13.7. The Bertz CT molecular complexity index is 585. The second kappa shape index (κ2) is 5.62. The molecule has 1 fully saturated rings. The minimum Gasteiger partial charge on any atom is -0.298 e. The highest BCUT2D eigenvalue weighted by Gasteiger charge is 2.26. The number of rotatable bonds is 3. The van der Waals surface area contributed by atoms with Gasteiger partial charge in [-0.3, -0.25) is 4.90 Å². The molecule has 3 rings (SSSR count). The van der Waals surface area contributed by atoms with Crippen molar-refractivity contribution in [1.82, 2.24) is 14.9 Å². The third kappa shape index (κ3) is 3.07. The maximum absolute atomic E-state index is 4.63. The van der Waals surface area contributed by atoms with Crippen molar-refractivity contribution in [2.45, 2.75) is 39.7 Å².